The minimum Gasteiger partial charge on any atom is -0.374 e. The number of hydrogen-bond donors (Lipinski definition) is 3. The fourth-order valence-electron chi connectivity index (χ4n) is 5.56. The van der Waals surface area contributed by atoms with E-state index in [9.17, 15) is 31.2 Å². The highest BCUT2D eigenvalue weighted by molar-refractivity contribution is 7.92. The van der Waals surface area contributed by atoms with Gasteiger partial charge in [0.25, 0.3) is 10.1 Å². The number of anilines is 1. The molecule has 2 aromatic carbocycles. The van der Waals surface area contributed by atoms with Gasteiger partial charge in [0, 0.05) is 32.0 Å². The van der Waals surface area contributed by atoms with Crippen LogP contribution < -0.4 is 14.9 Å². The van der Waals surface area contributed by atoms with Crippen LogP contribution in [0.15, 0.2) is 54.6 Å². The number of nitrogens with zero attached hydrogens (tertiary/aromatic N) is 2. The van der Waals surface area contributed by atoms with Crippen molar-refractivity contribution < 1.29 is 40.5 Å². The first-order chi connectivity index (χ1) is 20.8. The van der Waals surface area contributed by atoms with Crippen molar-refractivity contribution in [3.63, 3.8) is 0 Å². The number of carbonyl (C=O) groups excluding carboxylic acids is 3. The van der Waals surface area contributed by atoms with Crippen LogP contribution in [0.25, 0.3) is 0 Å². The number of para-hydroxylation sites is 1. The summed E-state index contributed by atoms with van der Waals surface area (Å²) in [6.45, 7) is 5.88. The standard InChI is InChI=1S/C29H38N4O6S.CH4O3S/c1-21(34)31-28(2,3)27(36)30-24(19-39-18-22-10-6-5-7-11-22)26(35)32-16-14-29(15-17-32)20-33(40(4,37)38)25-13-9-8-12-23(25)29;1-5(2,3)4/h5-13,24H,14-20H2,1-4H3,(H,30,36)(H,31,34);1H3,(H,2,3,4)/t24-;/m1./s1. The summed E-state index contributed by atoms with van der Waals surface area (Å²) in [5.74, 6) is -1.13. The number of rotatable bonds is 9. The molecule has 0 radical (unpaired) electrons. The molecule has 1 fully saturated rings. The Balaban J connectivity index is 0.00000102. The van der Waals surface area contributed by atoms with E-state index in [1.807, 2.05) is 54.6 Å². The van der Waals surface area contributed by atoms with Crippen molar-refractivity contribution in [3.05, 3.63) is 65.7 Å². The maximum Gasteiger partial charge on any atom is 0.261 e. The molecule has 1 atom stereocenters. The normalized spacial score (nSPS) is 16.7. The Morgan fingerprint density at radius 2 is 1.53 bits per heavy atom. The quantitative estimate of drug-likeness (QED) is 0.334. The van der Waals surface area contributed by atoms with E-state index in [-0.39, 0.29) is 30.4 Å². The van der Waals surface area contributed by atoms with Gasteiger partial charge in [0.05, 0.1) is 31.4 Å². The van der Waals surface area contributed by atoms with Crippen LogP contribution in [0, 0.1) is 0 Å². The zero-order valence-corrected chi connectivity index (χ0v) is 27.8. The molecule has 45 heavy (non-hydrogen) atoms. The molecule has 3 amide bonds. The molecule has 15 heteroatoms. The maximum absolute atomic E-state index is 13.7. The Kier molecular flexibility index (Phi) is 11.4. The van der Waals surface area contributed by atoms with Gasteiger partial charge >= 0.3 is 0 Å². The van der Waals surface area contributed by atoms with Crippen molar-refractivity contribution in [3.8, 4) is 0 Å². The van der Waals surface area contributed by atoms with Crippen LogP contribution in [-0.4, -0.2) is 94.3 Å². The Hall–Kier alpha value is -3.53. The number of fused-ring (bicyclic) bond motifs is 2. The van der Waals surface area contributed by atoms with Crippen molar-refractivity contribution in [1.29, 1.82) is 0 Å². The van der Waals surface area contributed by atoms with Crippen LogP contribution in [0.4, 0.5) is 5.69 Å². The summed E-state index contributed by atoms with van der Waals surface area (Å²) in [7, 11) is -7.11. The van der Waals surface area contributed by atoms with Gasteiger partial charge in [-0.2, -0.15) is 8.42 Å². The lowest BCUT2D eigenvalue weighted by molar-refractivity contribution is -0.141. The van der Waals surface area contributed by atoms with Gasteiger partial charge in [-0.3, -0.25) is 23.2 Å². The fourth-order valence-corrected chi connectivity index (χ4v) is 6.56. The van der Waals surface area contributed by atoms with E-state index >= 15 is 0 Å². The van der Waals surface area contributed by atoms with Gasteiger partial charge in [0.2, 0.25) is 27.7 Å². The summed E-state index contributed by atoms with van der Waals surface area (Å²) in [5.41, 5.74) is 1.02. The number of piperidine rings is 1. The summed E-state index contributed by atoms with van der Waals surface area (Å²) in [6, 6.07) is 16.1. The van der Waals surface area contributed by atoms with E-state index in [0.29, 0.717) is 44.4 Å². The van der Waals surface area contributed by atoms with Crippen LogP contribution in [0.1, 0.15) is 44.7 Å². The number of hydrogen-bond acceptors (Lipinski definition) is 8. The van der Waals surface area contributed by atoms with E-state index in [1.165, 1.54) is 17.5 Å². The molecule has 2 aromatic rings. The average molecular weight is 667 g/mol. The topological polar surface area (TPSA) is 179 Å². The zero-order chi connectivity index (χ0) is 33.6. The molecule has 2 aliphatic heterocycles. The van der Waals surface area contributed by atoms with Gasteiger partial charge in [-0.1, -0.05) is 48.5 Å². The van der Waals surface area contributed by atoms with E-state index in [4.69, 9.17) is 9.29 Å². The molecule has 4 rings (SSSR count). The Morgan fingerprint density at radius 1 is 0.978 bits per heavy atom. The minimum absolute atomic E-state index is 0.0397. The summed E-state index contributed by atoms with van der Waals surface area (Å²) in [5, 5.41) is 5.41. The third-order valence-corrected chi connectivity index (χ3v) is 8.81. The SMILES string of the molecule is CC(=O)NC(C)(C)C(=O)N[C@H](COCc1ccccc1)C(=O)N1CCC2(CC1)CN(S(C)(=O)=O)c1ccccc12.CS(=O)(=O)O. The molecule has 0 saturated carbocycles. The highest BCUT2D eigenvalue weighted by atomic mass is 32.2. The van der Waals surface area contributed by atoms with Crippen molar-refractivity contribution in [1.82, 2.24) is 15.5 Å². The first kappa shape index (κ1) is 35.9. The minimum atomic E-state index is -3.67. The third-order valence-electron chi connectivity index (χ3n) is 7.68. The number of likely N-dealkylation sites (tertiary alicyclic amines) is 1. The van der Waals surface area contributed by atoms with Crippen LogP contribution in [0.2, 0.25) is 0 Å². The maximum atomic E-state index is 13.7. The number of sulfonamides is 1. The van der Waals surface area contributed by atoms with E-state index < -0.39 is 37.6 Å². The smallest absolute Gasteiger partial charge is 0.261 e. The van der Waals surface area contributed by atoms with Crippen LogP contribution in [0.5, 0.6) is 0 Å². The lowest BCUT2D eigenvalue weighted by Crippen LogP contribution is -2.61. The van der Waals surface area contributed by atoms with Crippen LogP contribution in [-0.2, 0) is 51.3 Å². The molecule has 2 heterocycles. The second-order valence-corrected chi connectivity index (χ2v) is 15.3. The van der Waals surface area contributed by atoms with Crippen LogP contribution in [0.3, 0.4) is 0 Å². The molecule has 1 spiro atoms. The molecular weight excluding hydrogens is 624 g/mol. The van der Waals surface area contributed by atoms with Crippen molar-refractivity contribution in [2.75, 3.05) is 43.1 Å². The summed E-state index contributed by atoms with van der Waals surface area (Å²) < 4.78 is 58.2. The van der Waals surface area contributed by atoms with Gasteiger partial charge < -0.3 is 20.3 Å². The predicted molar refractivity (Wildman–Crippen MR) is 170 cm³/mol. The first-order valence-electron chi connectivity index (χ1n) is 14.3. The van der Waals surface area contributed by atoms with Crippen LogP contribution >= 0.6 is 0 Å². The Morgan fingerprint density at radius 3 is 2.09 bits per heavy atom. The lowest BCUT2D eigenvalue weighted by Gasteiger charge is -2.41. The Labute approximate surface area is 265 Å². The number of amides is 3. The molecule has 0 bridgehead atoms. The molecule has 248 valence electrons. The Bertz CT molecular complexity index is 1580. The molecule has 3 N–H and O–H groups in total. The number of carbonyl (C=O) groups is 3. The predicted octanol–water partition coefficient (Wildman–Crippen LogP) is 1.45. The van der Waals surface area contributed by atoms with Gasteiger partial charge in [0.15, 0.2) is 0 Å². The summed E-state index contributed by atoms with van der Waals surface area (Å²) >= 11 is 0. The van der Waals surface area contributed by atoms with Gasteiger partial charge in [-0.05, 0) is 43.9 Å². The number of ether oxygens (including phenoxy) is 1. The van der Waals surface area contributed by atoms with E-state index in [0.717, 1.165) is 11.1 Å². The fraction of sp³-hybridized carbons (Fsp3) is 0.500. The van der Waals surface area contributed by atoms with E-state index in [1.54, 1.807) is 18.7 Å². The number of nitrogens with one attached hydrogen (secondary N) is 2. The summed E-state index contributed by atoms with van der Waals surface area (Å²) in [6.07, 6.45) is 3.11. The zero-order valence-electron chi connectivity index (χ0n) is 26.1. The molecule has 2 aliphatic rings. The van der Waals surface area contributed by atoms with Gasteiger partial charge in [-0.25, -0.2) is 8.42 Å². The molecule has 1 saturated heterocycles. The molecule has 0 unspecified atom stereocenters. The largest absolute Gasteiger partial charge is 0.374 e. The number of benzene rings is 2. The van der Waals surface area contributed by atoms with Gasteiger partial charge in [-0.15, -0.1) is 0 Å². The van der Waals surface area contributed by atoms with Crippen molar-refractivity contribution in [2.45, 2.75) is 57.2 Å². The molecule has 0 aliphatic carbocycles. The summed E-state index contributed by atoms with van der Waals surface area (Å²) in [4.78, 5) is 40.2. The molecular formula is C30H42N4O9S2. The molecule has 0 aromatic heterocycles. The van der Waals surface area contributed by atoms with Crippen molar-refractivity contribution >= 4 is 43.6 Å². The molecule has 13 nitrogen and oxygen atoms in total. The highest BCUT2D eigenvalue weighted by Gasteiger charge is 2.48. The monoisotopic (exact) mass is 666 g/mol. The average Bonchev–Trinajstić information content (AvgIpc) is 3.26. The van der Waals surface area contributed by atoms with E-state index in [2.05, 4.69) is 10.6 Å². The third kappa shape index (κ3) is 9.98. The lowest BCUT2D eigenvalue weighted by atomic mass is 9.74. The van der Waals surface area contributed by atoms with Gasteiger partial charge in [0.1, 0.15) is 11.6 Å². The second kappa shape index (κ2) is 14.3. The highest BCUT2D eigenvalue weighted by Crippen LogP contribution is 2.47. The van der Waals surface area contributed by atoms with Crippen molar-refractivity contribution in [2.24, 2.45) is 0 Å². The second-order valence-electron chi connectivity index (χ2n) is 12.0. The first-order valence-corrected chi connectivity index (χ1v) is 18.0.